The second-order valence-corrected chi connectivity index (χ2v) is 19.0. The Morgan fingerprint density at radius 2 is 1.61 bits per heavy atom. The molecule has 1 N–H and O–H groups in total. The summed E-state index contributed by atoms with van der Waals surface area (Å²) in [6.45, 7) is 15.8. The standard InChI is InChI=1S/C30H41N7O5SSi/c1-19-14-22(17-31-15-19)28-34-35-29(37(28)26-24(40-7)12-11-13-25(26)41-8)36-43(38,39)21(3)27(23-18-32-20(2)16-33-23)42-44(9,10)30(4,5)6/h11-18,21,27H,1-10H3,(H,35,36)/t21-,27?/m1/s1. The van der Waals surface area contributed by atoms with E-state index >= 15 is 0 Å². The second kappa shape index (κ2) is 12.6. The summed E-state index contributed by atoms with van der Waals surface area (Å²) < 4.78 is 50.8. The van der Waals surface area contributed by atoms with Gasteiger partial charge in [-0.3, -0.25) is 24.2 Å². The Morgan fingerprint density at radius 1 is 0.955 bits per heavy atom. The molecule has 1 aromatic carbocycles. The number of ether oxygens (including phenoxy) is 2. The lowest BCUT2D eigenvalue weighted by Gasteiger charge is -2.40. The zero-order valence-corrected chi connectivity index (χ0v) is 28.7. The summed E-state index contributed by atoms with van der Waals surface area (Å²) in [6.07, 6.45) is 5.63. The third kappa shape index (κ3) is 6.76. The van der Waals surface area contributed by atoms with Gasteiger partial charge in [-0.15, -0.1) is 10.2 Å². The first-order chi connectivity index (χ1) is 20.6. The third-order valence-electron chi connectivity index (χ3n) is 7.89. The van der Waals surface area contributed by atoms with E-state index in [0.29, 0.717) is 40.0 Å². The van der Waals surface area contributed by atoms with Gasteiger partial charge in [-0.1, -0.05) is 26.8 Å². The van der Waals surface area contributed by atoms with Crippen LogP contribution in [0.3, 0.4) is 0 Å². The van der Waals surface area contributed by atoms with Crippen molar-refractivity contribution in [1.82, 2.24) is 29.7 Å². The smallest absolute Gasteiger partial charge is 0.243 e. The second-order valence-electron chi connectivity index (χ2n) is 12.2. The summed E-state index contributed by atoms with van der Waals surface area (Å²) in [5, 5.41) is 7.41. The molecule has 0 radical (unpaired) electrons. The lowest BCUT2D eigenvalue weighted by Crippen LogP contribution is -2.45. The van der Waals surface area contributed by atoms with Crippen LogP contribution in [0.15, 0.2) is 49.1 Å². The Morgan fingerprint density at radius 3 is 2.16 bits per heavy atom. The highest BCUT2D eigenvalue weighted by atomic mass is 32.2. The van der Waals surface area contributed by atoms with Gasteiger partial charge in [0.25, 0.3) is 0 Å². The van der Waals surface area contributed by atoms with Crippen molar-refractivity contribution in [3.05, 3.63) is 66.0 Å². The highest BCUT2D eigenvalue weighted by Gasteiger charge is 2.44. The van der Waals surface area contributed by atoms with E-state index in [1.807, 2.05) is 19.9 Å². The highest BCUT2D eigenvalue weighted by molar-refractivity contribution is 7.93. The normalized spacial score (nSPS) is 13.8. The number of para-hydroxylation sites is 1. The molecule has 3 aromatic heterocycles. The molecule has 0 aliphatic carbocycles. The van der Waals surface area contributed by atoms with Gasteiger partial charge in [0.1, 0.15) is 28.5 Å². The molecule has 236 valence electrons. The number of aryl methyl sites for hydroxylation is 2. The molecule has 14 heteroatoms. The topological polar surface area (TPSA) is 143 Å². The number of rotatable bonds is 11. The molecular formula is C30H41N7O5SSi. The number of nitrogens with one attached hydrogen (secondary N) is 1. The molecule has 0 spiro atoms. The molecule has 0 amide bonds. The summed E-state index contributed by atoms with van der Waals surface area (Å²) in [7, 11) is -3.60. The van der Waals surface area contributed by atoms with Crippen LogP contribution < -0.4 is 14.2 Å². The minimum absolute atomic E-state index is 0.0581. The Kier molecular flexibility index (Phi) is 9.47. The summed E-state index contributed by atoms with van der Waals surface area (Å²) in [4.78, 5) is 13.2. The average molecular weight is 640 g/mol. The number of methoxy groups -OCH3 is 2. The molecule has 0 aliphatic heterocycles. The number of sulfonamides is 1. The van der Waals surface area contributed by atoms with E-state index in [9.17, 15) is 8.42 Å². The molecule has 4 rings (SSSR count). The van der Waals surface area contributed by atoms with Gasteiger partial charge in [0.15, 0.2) is 14.1 Å². The Labute approximate surface area is 260 Å². The van der Waals surface area contributed by atoms with Crippen molar-refractivity contribution in [1.29, 1.82) is 0 Å². The van der Waals surface area contributed by atoms with Gasteiger partial charge in [0.2, 0.25) is 16.0 Å². The zero-order chi connectivity index (χ0) is 32.4. The van der Waals surface area contributed by atoms with Crippen molar-refractivity contribution in [3.8, 4) is 28.6 Å². The van der Waals surface area contributed by atoms with Crippen LogP contribution in [-0.2, 0) is 14.4 Å². The van der Waals surface area contributed by atoms with Gasteiger partial charge >= 0.3 is 0 Å². The molecule has 2 atom stereocenters. The molecule has 0 saturated carbocycles. The molecular weight excluding hydrogens is 599 g/mol. The van der Waals surface area contributed by atoms with Crippen molar-refractivity contribution in [2.45, 2.75) is 71.0 Å². The largest absolute Gasteiger partial charge is 0.494 e. The van der Waals surface area contributed by atoms with Crippen LogP contribution in [0.4, 0.5) is 5.95 Å². The van der Waals surface area contributed by atoms with Gasteiger partial charge in [-0.25, -0.2) is 8.42 Å². The molecule has 1 unspecified atom stereocenters. The summed E-state index contributed by atoms with van der Waals surface area (Å²) in [5.74, 6) is 1.13. The van der Waals surface area contributed by atoms with E-state index in [4.69, 9.17) is 13.9 Å². The quantitative estimate of drug-likeness (QED) is 0.205. The van der Waals surface area contributed by atoms with E-state index < -0.39 is 29.7 Å². The van der Waals surface area contributed by atoms with Crippen molar-refractivity contribution in [2.24, 2.45) is 0 Å². The fourth-order valence-electron chi connectivity index (χ4n) is 4.30. The fraction of sp³-hybridized carbons (Fsp3) is 0.433. The van der Waals surface area contributed by atoms with Crippen molar-refractivity contribution in [3.63, 3.8) is 0 Å². The molecule has 3 heterocycles. The monoisotopic (exact) mass is 639 g/mol. The number of nitrogens with zero attached hydrogens (tertiary/aromatic N) is 6. The van der Waals surface area contributed by atoms with E-state index in [2.05, 4.69) is 63.7 Å². The lowest BCUT2D eigenvalue weighted by molar-refractivity contribution is 0.176. The maximum Gasteiger partial charge on any atom is 0.243 e. The summed E-state index contributed by atoms with van der Waals surface area (Å²) >= 11 is 0. The minimum Gasteiger partial charge on any atom is -0.494 e. The van der Waals surface area contributed by atoms with Crippen LogP contribution in [0.5, 0.6) is 11.5 Å². The predicted molar refractivity (Wildman–Crippen MR) is 172 cm³/mol. The van der Waals surface area contributed by atoms with Crippen LogP contribution in [0, 0.1) is 13.8 Å². The minimum atomic E-state index is -4.18. The van der Waals surface area contributed by atoms with Crippen LogP contribution >= 0.6 is 0 Å². The maximum atomic E-state index is 14.2. The van der Waals surface area contributed by atoms with E-state index in [1.54, 1.807) is 54.5 Å². The molecule has 0 fully saturated rings. The van der Waals surface area contributed by atoms with Gasteiger partial charge in [0, 0.05) is 24.2 Å². The molecule has 44 heavy (non-hydrogen) atoms. The average Bonchev–Trinajstić information content (AvgIpc) is 3.37. The maximum absolute atomic E-state index is 14.2. The molecule has 0 aliphatic rings. The summed E-state index contributed by atoms with van der Waals surface area (Å²) in [6, 6.07) is 7.15. The zero-order valence-electron chi connectivity index (χ0n) is 26.9. The number of aromatic nitrogens is 6. The van der Waals surface area contributed by atoms with E-state index in [1.165, 1.54) is 14.2 Å². The van der Waals surface area contributed by atoms with Crippen molar-refractivity contribution < 1.29 is 22.3 Å². The summed E-state index contributed by atoms with van der Waals surface area (Å²) in [5.41, 5.74) is 3.08. The van der Waals surface area contributed by atoms with Gasteiger partial charge in [-0.05, 0) is 62.7 Å². The Bertz CT molecular complexity index is 1700. The predicted octanol–water partition coefficient (Wildman–Crippen LogP) is 5.65. The van der Waals surface area contributed by atoms with Gasteiger partial charge in [0.05, 0.1) is 31.8 Å². The SMILES string of the molecule is COc1cccc(OC)c1-n1c(NS(=O)(=O)[C@H](C)C(O[Si](C)(C)C(C)(C)C)c2cnc(C)cn2)nnc1-c1cncc(C)c1. The third-order valence-corrected chi connectivity index (χ3v) is 14.0. The number of anilines is 1. The van der Waals surface area contributed by atoms with Crippen molar-refractivity contribution in [2.75, 3.05) is 18.9 Å². The molecule has 4 aromatic rings. The molecule has 0 saturated heterocycles. The van der Waals surface area contributed by atoms with Crippen LogP contribution in [-0.4, -0.2) is 65.9 Å². The first kappa shape index (κ1) is 33.0. The lowest BCUT2D eigenvalue weighted by atomic mass is 10.2. The number of benzene rings is 1. The van der Waals surface area contributed by atoms with Crippen molar-refractivity contribution >= 4 is 24.3 Å². The van der Waals surface area contributed by atoms with Crippen LogP contribution in [0.2, 0.25) is 18.1 Å². The van der Waals surface area contributed by atoms with Crippen LogP contribution in [0.25, 0.3) is 17.1 Å². The molecule has 12 nitrogen and oxygen atoms in total. The Hall–Kier alpha value is -3.88. The van der Waals surface area contributed by atoms with Gasteiger partial charge in [-0.2, -0.15) is 0 Å². The first-order valence-corrected chi connectivity index (χ1v) is 18.6. The van der Waals surface area contributed by atoms with Crippen LogP contribution in [0.1, 0.15) is 50.8 Å². The fourth-order valence-corrected chi connectivity index (χ4v) is 6.81. The Balaban J connectivity index is 1.86. The number of pyridine rings is 1. The first-order valence-electron chi connectivity index (χ1n) is 14.2. The highest BCUT2D eigenvalue weighted by Crippen LogP contribution is 2.42. The van der Waals surface area contributed by atoms with Gasteiger partial charge < -0.3 is 13.9 Å². The van der Waals surface area contributed by atoms with E-state index in [0.717, 1.165) is 5.56 Å². The molecule has 0 bridgehead atoms. The number of hydrogen-bond donors (Lipinski definition) is 1. The number of hydrogen-bond acceptors (Lipinski definition) is 10. The van der Waals surface area contributed by atoms with E-state index in [-0.39, 0.29) is 11.0 Å².